The zero-order valence-corrected chi connectivity index (χ0v) is 10.2. The second-order valence-electron chi connectivity index (χ2n) is 4.40. The van der Waals surface area contributed by atoms with Crippen LogP contribution in [0.4, 0.5) is 0 Å². The SMILES string of the molecule is CC1NCCCN(C2CCSCC2)C1=O. The first-order chi connectivity index (χ1) is 7.29. The van der Waals surface area contributed by atoms with Crippen molar-refractivity contribution in [3.05, 3.63) is 0 Å². The number of carbonyl (C=O) groups excluding carboxylic acids is 1. The van der Waals surface area contributed by atoms with Crippen molar-refractivity contribution in [1.29, 1.82) is 0 Å². The number of amides is 1. The predicted molar refractivity (Wildman–Crippen MR) is 64.1 cm³/mol. The average Bonchev–Trinajstić information content (AvgIpc) is 2.44. The fourth-order valence-corrected chi connectivity index (χ4v) is 3.46. The summed E-state index contributed by atoms with van der Waals surface area (Å²) < 4.78 is 0. The van der Waals surface area contributed by atoms with Crippen LogP contribution in [0.1, 0.15) is 26.2 Å². The van der Waals surface area contributed by atoms with Crippen molar-refractivity contribution in [3.8, 4) is 0 Å². The molecule has 1 unspecified atom stereocenters. The van der Waals surface area contributed by atoms with E-state index in [9.17, 15) is 4.79 Å². The van der Waals surface area contributed by atoms with Crippen LogP contribution in [0.15, 0.2) is 0 Å². The van der Waals surface area contributed by atoms with E-state index in [0.29, 0.717) is 11.9 Å². The van der Waals surface area contributed by atoms with Gasteiger partial charge in [0.15, 0.2) is 0 Å². The number of nitrogens with zero attached hydrogens (tertiary/aromatic N) is 1. The number of rotatable bonds is 1. The largest absolute Gasteiger partial charge is 0.338 e. The molecule has 0 bridgehead atoms. The van der Waals surface area contributed by atoms with E-state index in [1.54, 1.807) is 0 Å². The van der Waals surface area contributed by atoms with Crippen molar-refractivity contribution >= 4 is 17.7 Å². The molecule has 2 aliphatic rings. The third-order valence-corrected chi connectivity index (χ3v) is 4.36. The number of thioether (sulfide) groups is 1. The van der Waals surface area contributed by atoms with E-state index >= 15 is 0 Å². The summed E-state index contributed by atoms with van der Waals surface area (Å²) in [4.78, 5) is 14.2. The normalized spacial score (nSPS) is 30.3. The Morgan fingerprint density at radius 1 is 1.40 bits per heavy atom. The van der Waals surface area contributed by atoms with Gasteiger partial charge in [0, 0.05) is 12.6 Å². The molecule has 0 aromatic carbocycles. The molecule has 86 valence electrons. The molecule has 1 amide bonds. The average molecular weight is 228 g/mol. The standard InChI is InChI=1S/C11H20N2OS/c1-9-11(14)13(6-2-5-12-9)10-3-7-15-8-4-10/h9-10,12H,2-8H2,1H3. The van der Waals surface area contributed by atoms with Gasteiger partial charge in [0.05, 0.1) is 6.04 Å². The van der Waals surface area contributed by atoms with Gasteiger partial charge in [-0.05, 0) is 44.2 Å². The van der Waals surface area contributed by atoms with Crippen LogP contribution in [0.2, 0.25) is 0 Å². The van der Waals surface area contributed by atoms with E-state index in [1.807, 2.05) is 18.7 Å². The minimum Gasteiger partial charge on any atom is -0.338 e. The highest BCUT2D eigenvalue weighted by Crippen LogP contribution is 2.23. The molecule has 0 saturated carbocycles. The minimum absolute atomic E-state index is 0.0158. The topological polar surface area (TPSA) is 32.3 Å². The summed E-state index contributed by atoms with van der Waals surface area (Å²) in [7, 11) is 0. The van der Waals surface area contributed by atoms with Crippen molar-refractivity contribution in [2.24, 2.45) is 0 Å². The molecule has 2 rings (SSSR count). The van der Waals surface area contributed by atoms with Crippen molar-refractivity contribution in [1.82, 2.24) is 10.2 Å². The Labute approximate surface area is 96.0 Å². The molecule has 1 N–H and O–H groups in total. The van der Waals surface area contributed by atoms with Gasteiger partial charge in [-0.15, -0.1) is 0 Å². The monoisotopic (exact) mass is 228 g/mol. The number of hydrogen-bond donors (Lipinski definition) is 1. The lowest BCUT2D eigenvalue weighted by molar-refractivity contribution is -0.134. The smallest absolute Gasteiger partial charge is 0.239 e. The van der Waals surface area contributed by atoms with Crippen LogP contribution in [0.25, 0.3) is 0 Å². The van der Waals surface area contributed by atoms with Gasteiger partial charge in [-0.3, -0.25) is 4.79 Å². The first kappa shape index (κ1) is 11.3. The minimum atomic E-state index is 0.0158. The molecule has 15 heavy (non-hydrogen) atoms. The summed E-state index contributed by atoms with van der Waals surface area (Å²) in [5.74, 6) is 2.75. The van der Waals surface area contributed by atoms with Crippen LogP contribution in [0, 0.1) is 0 Å². The number of carbonyl (C=O) groups is 1. The highest BCUT2D eigenvalue weighted by Gasteiger charge is 2.29. The van der Waals surface area contributed by atoms with Crippen molar-refractivity contribution in [2.45, 2.75) is 38.3 Å². The first-order valence-corrected chi connectivity index (χ1v) is 7.06. The molecule has 0 spiro atoms. The molecule has 2 saturated heterocycles. The summed E-state index contributed by atoms with van der Waals surface area (Å²) in [6.07, 6.45) is 3.46. The quantitative estimate of drug-likeness (QED) is 0.729. The second-order valence-corrected chi connectivity index (χ2v) is 5.63. The molecule has 2 fully saturated rings. The Balaban J connectivity index is 2.00. The summed E-state index contributed by atoms with van der Waals surface area (Å²) in [5.41, 5.74) is 0. The van der Waals surface area contributed by atoms with Gasteiger partial charge in [0.25, 0.3) is 0 Å². The molecule has 0 aliphatic carbocycles. The summed E-state index contributed by atoms with van der Waals surface area (Å²) in [6, 6.07) is 0.531. The predicted octanol–water partition coefficient (Wildman–Crippen LogP) is 1.09. The highest BCUT2D eigenvalue weighted by atomic mass is 32.2. The fraction of sp³-hybridized carbons (Fsp3) is 0.909. The van der Waals surface area contributed by atoms with E-state index in [-0.39, 0.29) is 6.04 Å². The van der Waals surface area contributed by atoms with Crippen molar-refractivity contribution < 1.29 is 4.79 Å². The molecule has 1 atom stereocenters. The van der Waals surface area contributed by atoms with Gasteiger partial charge in [-0.1, -0.05) is 0 Å². The summed E-state index contributed by atoms with van der Waals surface area (Å²) in [5, 5.41) is 3.27. The lowest BCUT2D eigenvalue weighted by atomic mass is 10.1. The third-order valence-electron chi connectivity index (χ3n) is 3.31. The van der Waals surface area contributed by atoms with Crippen LogP contribution >= 0.6 is 11.8 Å². The summed E-state index contributed by atoms with van der Waals surface area (Å²) in [6.45, 7) is 3.91. The van der Waals surface area contributed by atoms with Gasteiger partial charge in [0.2, 0.25) is 5.91 Å². The molecule has 0 aromatic rings. The van der Waals surface area contributed by atoms with E-state index in [2.05, 4.69) is 10.2 Å². The Morgan fingerprint density at radius 2 is 2.13 bits per heavy atom. The van der Waals surface area contributed by atoms with Crippen LogP contribution in [0.3, 0.4) is 0 Å². The molecular weight excluding hydrogens is 208 g/mol. The van der Waals surface area contributed by atoms with Crippen LogP contribution in [0.5, 0.6) is 0 Å². The Morgan fingerprint density at radius 3 is 2.87 bits per heavy atom. The Hall–Kier alpha value is -0.220. The van der Waals surface area contributed by atoms with E-state index in [4.69, 9.17) is 0 Å². The van der Waals surface area contributed by atoms with Gasteiger partial charge in [-0.25, -0.2) is 0 Å². The van der Waals surface area contributed by atoms with E-state index in [0.717, 1.165) is 19.5 Å². The van der Waals surface area contributed by atoms with Crippen LogP contribution in [-0.2, 0) is 4.79 Å². The maximum absolute atomic E-state index is 12.1. The molecule has 2 heterocycles. The van der Waals surface area contributed by atoms with Gasteiger partial charge in [-0.2, -0.15) is 11.8 Å². The Kier molecular flexibility index (Phi) is 3.92. The number of nitrogens with one attached hydrogen (secondary N) is 1. The highest BCUT2D eigenvalue weighted by molar-refractivity contribution is 7.99. The third kappa shape index (κ3) is 2.67. The van der Waals surface area contributed by atoms with Crippen LogP contribution < -0.4 is 5.32 Å². The second kappa shape index (κ2) is 5.21. The first-order valence-electron chi connectivity index (χ1n) is 5.90. The maximum atomic E-state index is 12.1. The zero-order chi connectivity index (χ0) is 10.7. The van der Waals surface area contributed by atoms with E-state index in [1.165, 1.54) is 24.3 Å². The van der Waals surface area contributed by atoms with Gasteiger partial charge < -0.3 is 10.2 Å². The molecule has 0 radical (unpaired) electrons. The Bertz CT molecular complexity index is 229. The molecule has 4 heteroatoms. The van der Waals surface area contributed by atoms with E-state index < -0.39 is 0 Å². The van der Waals surface area contributed by atoms with Gasteiger partial charge in [0.1, 0.15) is 0 Å². The molecule has 3 nitrogen and oxygen atoms in total. The lowest BCUT2D eigenvalue weighted by Crippen LogP contribution is -2.47. The van der Waals surface area contributed by atoms with Crippen LogP contribution in [-0.4, -0.2) is 47.5 Å². The maximum Gasteiger partial charge on any atom is 0.239 e. The molecular formula is C11H20N2OS. The fourth-order valence-electron chi connectivity index (χ4n) is 2.37. The van der Waals surface area contributed by atoms with Gasteiger partial charge >= 0.3 is 0 Å². The van der Waals surface area contributed by atoms with Crippen molar-refractivity contribution in [3.63, 3.8) is 0 Å². The van der Waals surface area contributed by atoms with Crippen molar-refractivity contribution in [2.75, 3.05) is 24.6 Å². The molecule has 0 aromatic heterocycles. The lowest BCUT2D eigenvalue weighted by Gasteiger charge is -2.34. The zero-order valence-electron chi connectivity index (χ0n) is 9.37. The summed E-state index contributed by atoms with van der Waals surface area (Å²) >= 11 is 2.02. The number of hydrogen-bond acceptors (Lipinski definition) is 3. The molecule has 2 aliphatic heterocycles.